The van der Waals surface area contributed by atoms with E-state index in [2.05, 4.69) is 31.0 Å². The number of nitrogens with zero attached hydrogens (tertiary/aromatic N) is 6. The molecule has 0 bridgehead atoms. The highest BCUT2D eigenvalue weighted by atomic mass is 16.5. The lowest BCUT2D eigenvalue weighted by molar-refractivity contribution is 0.192. The van der Waals surface area contributed by atoms with Gasteiger partial charge in [0.1, 0.15) is 11.9 Å². The van der Waals surface area contributed by atoms with Gasteiger partial charge in [-0.1, -0.05) is 12.1 Å². The lowest BCUT2D eigenvalue weighted by Crippen LogP contribution is -2.46. The lowest BCUT2D eigenvalue weighted by atomic mass is 10.0. The van der Waals surface area contributed by atoms with Crippen molar-refractivity contribution in [2.24, 2.45) is 0 Å². The molecule has 7 nitrogen and oxygen atoms in total. The molecule has 24 heavy (non-hydrogen) atoms. The van der Waals surface area contributed by atoms with Gasteiger partial charge in [0.05, 0.1) is 12.1 Å². The van der Waals surface area contributed by atoms with Crippen LogP contribution < -0.4 is 4.90 Å². The average molecular weight is 326 g/mol. The van der Waals surface area contributed by atoms with Crippen molar-refractivity contribution in [1.82, 2.24) is 20.0 Å². The zero-order valence-corrected chi connectivity index (χ0v) is 14.1. The van der Waals surface area contributed by atoms with Crippen LogP contribution in [0.25, 0.3) is 0 Å². The number of aryl methyl sites for hydroxylation is 1. The van der Waals surface area contributed by atoms with Gasteiger partial charge in [0, 0.05) is 32.3 Å². The molecule has 1 unspecified atom stereocenters. The second-order valence-electron chi connectivity index (χ2n) is 6.09. The van der Waals surface area contributed by atoms with Gasteiger partial charge in [-0.05, 0) is 31.5 Å². The molecule has 7 heteroatoms. The summed E-state index contributed by atoms with van der Waals surface area (Å²) < 4.78 is 5.18. The Balaban J connectivity index is 1.67. The largest absolute Gasteiger partial charge is 0.354 e. The zero-order valence-electron chi connectivity index (χ0n) is 14.1. The van der Waals surface area contributed by atoms with E-state index in [-0.39, 0.29) is 0 Å². The summed E-state index contributed by atoms with van der Waals surface area (Å²) in [4.78, 5) is 13.2. The first-order chi connectivity index (χ1) is 11.7. The molecule has 0 saturated carbocycles. The normalized spacial score (nSPS) is 18.3. The topological polar surface area (TPSA) is 82.1 Å². The van der Waals surface area contributed by atoms with Crippen LogP contribution in [-0.4, -0.2) is 46.2 Å². The number of rotatable bonds is 5. The molecule has 1 saturated heterocycles. The van der Waals surface area contributed by atoms with Gasteiger partial charge in [-0.15, -0.1) is 0 Å². The van der Waals surface area contributed by atoms with E-state index in [1.807, 2.05) is 20.0 Å². The number of piperidine rings is 1. The second-order valence-corrected chi connectivity index (χ2v) is 6.09. The van der Waals surface area contributed by atoms with Crippen LogP contribution >= 0.6 is 0 Å². The molecule has 1 fully saturated rings. The smallest absolute Gasteiger partial charge is 0.226 e. The van der Waals surface area contributed by atoms with Gasteiger partial charge < -0.3 is 9.42 Å². The molecule has 1 atom stereocenters. The van der Waals surface area contributed by atoms with Gasteiger partial charge in [-0.3, -0.25) is 4.90 Å². The summed E-state index contributed by atoms with van der Waals surface area (Å²) in [5, 5.41) is 13.3. The van der Waals surface area contributed by atoms with E-state index in [1.165, 1.54) is 0 Å². The fraction of sp³-hybridized carbons (Fsp3) is 0.529. The quantitative estimate of drug-likeness (QED) is 0.831. The molecule has 0 aromatic carbocycles. The predicted molar refractivity (Wildman–Crippen MR) is 89.3 cm³/mol. The Hall–Kier alpha value is -2.46. The maximum atomic E-state index is 9.28. The molecule has 0 radical (unpaired) electrons. The molecule has 1 aliphatic heterocycles. The van der Waals surface area contributed by atoms with Crippen molar-refractivity contribution in [3.8, 4) is 6.07 Å². The first kappa shape index (κ1) is 16.4. The Morgan fingerprint density at radius 1 is 1.50 bits per heavy atom. The van der Waals surface area contributed by atoms with Crippen LogP contribution in [0.1, 0.15) is 37.0 Å². The lowest BCUT2D eigenvalue weighted by Gasteiger charge is -2.37. The third-order valence-corrected chi connectivity index (χ3v) is 4.45. The molecule has 126 valence electrons. The average Bonchev–Trinajstić information content (AvgIpc) is 3.09. The molecule has 0 N–H and O–H groups in total. The van der Waals surface area contributed by atoms with Crippen LogP contribution in [-0.2, 0) is 13.0 Å². The fourth-order valence-electron chi connectivity index (χ4n) is 3.13. The monoisotopic (exact) mass is 326 g/mol. The van der Waals surface area contributed by atoms with Crippen molar-refractivity contribution in [3.05, 3.63) is 35.6 Å². The number of likely N-dealkylation sites (N-methyl/N-ethyl adjacent to an activating group) is 1. The third kappa shape index (κ3) is 3.54. The van der Waals surface area contributed by atoms with E-state index < -0.39 is 0 Å². The molecule has 0 spiro atoms. The number of pyridine rings is 1. The SMILES string of the molecule is CCc1nc(CN2CCCC(N(C)c3ncccc3C#N)C2)no1. The Morgan fingerprint density at radius 2 is 2.38 bits per heavy atom. The molecule has 0 aliphatic carbocycles. The number of likely N-dealkylation sites (tertiary alicyclic amines) is 1. The maximum Gasteiger partial charge on any atom is 0.226 e. The summed E-state index contributed by atoms with van der Waals surface area (Å²) in [5.41, 5.74) is 0.614. The van der Waals surface area contributed by atoms with Crippen LogP contribution in [0.3, 0.4) is 0 Å². The highest BCUT2D eigenvalue weighted by Crippen LogP contribution is 2.23. The number of hydrogen-bond donors (Lipinski definition) is 0. The van der Waals surface area contributed by atoms with Crippen LogP contribution in [0.4, 0.5) is 5.82 Å². The number of nitriles is 1. The van der Waals surface area contributed by atoms with Gasteiger partial charge in [0.15, 0.2) is 5.82 Å². The van der Waals surface area contributed by atoms with E-state index in [0.29, 0.717) is 24.0 Å². The predicted octanol–water partition coefficient (Wildman–Crippen LogP) is 2.00. The Labute approximate surface area is 141 Å². The summed E-state index contributed by atoms with van der Waals surface area (Å²) in [6.07, 6.45) is 4.68. The minimum atomic E-state index is 0.318. The summed E-state index contributed by atoms with van der Waals surface area (Å²) in [6, 6.07) is 6.15. The van der Waals surface area contributed by atoms with Gasteiger partial charge in [-0.25, -0.2) is 4.98 Å². The van der Waals surface area contributed by atoms with Crippen LogP contribution in [0.15, 0.2) is 22.9 Å². The minimum Gasteiger partial charge on any atom is -0.354 e. The first-order valence-electron chi connectivity index (χ1n) is 8.33. The third-order valence-electron chi connectivity index (χ3n) is 4.45. The Morgan fingerprint density at radius 3 is 3.12 bits per heavy atom. The summed E-state index contributed by atoms with van der Waals surface area (Å²) in [5.74, 6) is 2.17. The highest BCUT2D eigenvalue weighted by Gasteiger charge is 2.26. The molecular formula is C17H22N6O. The van der Waals surface area contributed by atoms with Gasteiger partial charge in [0.2, 0.25) is 5.89 Å². The van der Waals surface area contributed by atoms with Crippen LogP contribution in [0.5, 0.6) is 0 Å². The molecule has 2 aromatic heterocycles. The van der Waals surface area contributed by atoms with E-state index in [0.717, 1.165) is 44.0 Å². The zero-order chi connectivity index (χ0) is 16.9. The van der Waals surface area contributed by atoms with Gasteiger partial charge >= 0.3 is 0 Å². The molecule has 3 rings (SSSR count). The van der Waals surface area contributed by atoms with Gasteiger partial charge in [0.25, 0.3) is 0 Å². The van der Waals surface area contributed by atoms with Gasteiger partial charge in [-0.2, -0.15) is 10.2 Å². The van der Waals surface area contributed by atoms with E-state index in [9.17, 15) is 5.26 Å². The number of anilines is 1. The molecule has 3 heterocycles. The summed E-state index contributed by atoms with van der Waals surface area (Å²) in [6.45, 7) is 4.62. The van der Waals surface area contributed by atoms with Crippen molar-refractivity contribution < 1.29 is 4.52 Å². The van der Waals surface area contributed by atoms with E-state index >= 15 is 0 Å². The molecule has 0 amide bonds. The molecule has 2 aromatic rings. The van der Waals surface area contributed by atoms with Crippen LogP contribution in [0, 0.1) is 11.3 Å². The Bertz CT molecular complexity index is 722. The first-order valence-corrected chi connectivity index (χ1v) is 8.33. The summed E-state index contributed by atoms with van der Waals surface area (Å²) >= 11 is 0. The van der Waals surface area contributed by atoms with Crippen molar-refractivity contribution >= 4 is 5.82 Å². The van der Waals surface area contributed by atoms with Crippen molar-refractivity contribution in [3.63, 3.8) is 0 Å². The van der Waals surface area contributed by atoms with Crippen molar-refractivity contribution in [2.75, 3.05) is 25.0 Å². The standard InChI is InChI=1S/C17H22N6O/c1-3-16-20-15(21-24-16)12-23-9-5-7-14(11-23)22(2)17-13(10-18)6-4-8-19-17/h4,6,8,14H,3,5,7,9,11-12H2,1-2H3. The van der Waals surface area contributed by atoms with E-state index in [4.69, 9.17) is 4.52 Å². The van der Waals surface area contributed by atoms with Crippen LogP contribution in [0.2, 0.25) is 0 Å². The summed E-state index contributed by atoms with van der Waals surface area (Å²) in [7, 11) is 2.01. The fourth-order valence-corrected chi connectivity index (χ4v) is 3.13. The van der Waals surface area contributed by atoms with Crippen molar-refractivity contribution in [2.45, 2.75) is 38.8 Å². The second kappa shape index (κ2) is 7.41. The van der Waals surface area contributed by atoms with E-state index in [1.54, 1.807) is 12.3 Å². The number of hydrogen-bond acceptors (Lipinski definition) is 7. The highest BCUT2D eigenvalue weighted by molar-refractivity contribution is 5.53. The molecular weight excluding hydrogens is 304 g/mol. The van der Waals surface area contributed by atoms with Crippen molar-refractivity contribution in [1.29, 1.82) is 5.26 Å². The number of aromatic nitrogens is 3. The maximum absolute atomic E-state index is 9.28. The molecule has 1 aliphatic rings. The Kier molecular flexibility index (Phi) is 5.06. The minimum absolute atomic E-state index is 0.318.